The van der Waals surface area contributed by atoms with Gasteiger partial charge in [0.15, 0.2) is 0 Å². The summed E-state index contributed by atoms with van der Waals surface area (Å²) in [5.74, 6) is -2.63. The maximum Gasteiger partial charge on any atom is 0.408 e. The molecule has 1 radical (unpaired) electrons. The number of carbonyl (C=O) groups is 4. The SMILES string of the molecule is C=C[C@@H]1C[C@]1(NC(=O)[C@@H]1C[C@@H](n2nn[c-]c2C)CN1C(=O)[C@@H](NC(=O)OC(C)(C)C)C(C)(C)C)C(=O)O.[Y]. The molecular weight excluding hydrogens is 569 g/mol. The molecule has 2 heterocycles. The zero-order chi connectivity index (χ0) is 27.9. The molecule has 3 rings (SSSR count). The summed E-state index contributed by atoms with van der Waals surface area (Å²) in [5.41, 5.74) is -2.31. The van der Waals surface area contributed by atoms with Crippen molar-refractivity contribution in [1.82, 2.24) is 30.5 Å². The standard InChI is InChI=1S/C25H37N6O6.Y/c1-9-15-11-25(15,21(34)35)28-19(32)17-10-16(31-14(2)12-26-29-31)13-30(17)20(33)18(23(3,4)5)27-22(36)37-24(6,7)8;/h9,15-18H,1,10-11,13H2,2-8H3,(H,27,36)(H,28,32)(H,34,35);/q-1;/t15-,16-,17+,18-,25-;/m1./s1. The zero-order valence-electron chi connectivity index (χ0n) is 23.1. The van der Waals surface area contributed by atoms with Crippen molar-refractivity contribution in [2.24, 2.45) is 11.3 Å². The van der Waals surface area contributed by atoms with Crippen molar-refractivity contribution < 1.29 is 61.7 Å². The van der Waals surface area contributed by atoms with Gasteiger partial charge in [-0.3, -0.25) is 14.3 Å². The van der Waals surface area contributed by atoms with E-state index in [4.69, 9.17) is 4.74 Å². The van der Waals surface area contributed by atoms with Gasteiger partial charge < -0.3 is 36.7 Å². The molecule has 207 valence electrons. The number of nitrogens with zero attached hydrogens (tertiary/aromatic N) is 4. The van der Waals surface area contributed by atoms with Crippen LogP contribution in [0.4, 0.5) is 4.79 Å². The predicted octanol–water partition coefficient (Wildman–Crippen LogP) is 1.61. The average Bonchev–Trinajstić information content (AvgIpc) is 3.07. The van der Waals surface area contributed by atoms with E-state index in [0.717, 1.165) is 0 Å². The monoisotopic (exact) mass is 606 g/mol. The summed E-state index contributed by atoms with van der Waals surface area (Å²) in [7, 11) is 0. The number of carboxylic acids is 1. The number of aliphatic carboxylic acids is 1. The van der Waals surface area contributed by atoms with E-state index < -0.39 is 64.5 Å². The van der Waals surface area contributed by atoms with Crippen LogP contribution in [0, 0.1) is 24.5 Å². The summed E-state index contributed by atoms with van der Waals surface area (Å²) in [6, 6.07) is -2.40. The number of ether oxygens (including phenoxy) is 1. The molecule has 0 spiro atoms. The predicted molar refractivity (Wildman–Crippen MR) is 132 cm³/mol. The molecule has 13 heteroatoms. The van der Waals surface area contributed by atoms with Gasteiger partial charge in [-0.05, 0) is 32.6 Å². The van der Waals surface area contributed by atoms with Gasteiger partial charge in [-0.2, -0.15) is 0 Å². The van der Waals surface area contributed by atoms with E-state index in [1.165, 1.54) is 11.0 Å². The molecule has 1 aliphatic carbocycles. The van der Waals surface area contributed by atoms with Crippen LogP contribution in [0.1, 0.15) is 66.1 Å². The molecule has 0 unspecified atom stereocenters. The molecule has 1 aliphatic heterocycles. The minimum absolute atomic E-state index is 0. The van der Waals surface area contributed by atoms with Gasteiger partial charge in [0.2, 0.25) is 11.8 Å². The Balaban J connectivity index is 0.00000507. The third-order valence-corrected chi connectivity index (χ3v) is 6.71. The Bertz CT molecular complexity index is 1090. The number of carbonyl (C=O) groups excluding carboxylic acids is 3. The number of rotatable bonds is 7. The first-order valence-electron chi connectivity index (χ1n) is 12.3. The quantitative estimate of drug-likeness (QED) is 0.312. The minimum Gasteiger partial charge on any atom is -0.479 e. The molecule has 3 N–H and O–H groups in total. The van der Waals surface area contributed by atoms with Crippen molar-refractivity contribution in [2.45, 2.75) is 90.6 Å². The van der Waals surface area contributed by atoms with E-state index in [1.807, 2.05) is 0 Å². The normalized spacial score (nSPS) is 25.6. The number of aromatic nitrogens is 3. The molecule has 2 fully saturated rings. The second-order valence-electron chi connectivity index (χ2n) is 11.9. The Morgan fingerprint density at radius 3 is 2.32 bits per heavy atom. The molecule has 1 saturated heterocycles. The number of alkyl carbamates (subject to hydrolysis) is 1. The fourth-order valence-electron chi connectivity index (χ4n) is 4.65. The van der Waals surface area contributed by atoms with Crippen molar-refractivity contribution in [3.63, 3.8) is 0 Å². The molecule has 5 atom stereocenters. The molecule has 1 saturated carbocycles. The minimum atomic E-state index is -1.44. The van der Waals surface area contributed by atoms with Gasteiger partial charge in [0.25, 0.3) is 0 Å². The van der Waals surface area contributed by atoms with Gasteiger partial charge in [0.1, 0.15) is 23.2 Å². The molecule has 0 aromatic carbocycles. The van der Waals surface area contributed by atoms with Crippen LogP contribution in [0.25, 0.3) is 0 Å². The largest absolute Gasteiger partial charge is 0.479 e. The molecule has 1 aromatic rings. The molecule has 38 heavy (non-hydrogen) atoms. The summed E-state index contributed by atoms with van der Waals surface area (Å²) < 4.78 is 6.96. The summed E-state index contributed by atoms with van der Waals surface area (Å²) in [4.78, 5) is 53.4. The van der Waals surface area contributed by atoms with Crippen LogP contribution in [0.5, 0.6) is 0 Å². The number of likely N-dealkylation sites (tertiary alicyclic amines) is 1. The van der Waals surface area contributed by atoms with E-state index in [-0.39, 0.29) is 52.1 Å². The van der Waals surface area contributed by atoms with Gasteiger partial charge in [-0.1, -0.05) is 33.8 Å². The summed E-state index contributed by atoms with van der Waals surface area (Å²) in [6.45, 7) is 16.1. The molecule has 0 bridgehead atoms. The van der Waals surface area contributed by atoms with Crippen molar-refractivity contribution in [3.8, 4) is 0 Å². The number of hydrogen-bond acceptors (Lipinski definition) is 7. The number of hydrogen-bond donors (Lipinski definition) is 3. The van der Waals surface area contributed by atoms with Crippen LogP contribution in [-0.2, 0) is 51.8 Å². The maximum absolute atomic E-state index is 13.9. The number of nitrogens with one attached hydrogen (secondary N) is 2. The molecule has 3 amide bonds. The van der Waals surface area contributed by atoms with Crippen molar-refractivity contribution in [2.75, 3.05) is 6.54 Å². The van der Waals surface area contributed by atoms with Crippen LogP contribution >= 0.6 is 0 Å². The maximum atomic E-state index is 13.9. The molecule has 2 aliphatic rings. The van der Waals surface area contributed by atoms with E-state index in [1.54, 1.807) is 53.1 Å². The van der Waals surface area contributed by atoms with Crippen molar-refractivity contribution in [1.29, 1.82) is 0 Å². The smallest absolute Gasteiger partial charge is 0.408 e. The van der Waals surface area contributed by atoms with Gasteiger partial charge in [-0.25, -0.2) is 9.59 Å². The fourth-order valence-corrected chi connectivity index (χ4v) is 4.65. The fraction of sp³-hybridized carbons (Fsp3) is 0.680. The second-order valence-corrected chi connectivity index (χ2v) is 11.9. The van der Waals surface area contributed by atoms with Crippen LogP contribution < -0.4 is 10.6 Å². The Kier molecular flexibility index (Phi) is 9.58. The van der Waals surface area contributed by atoms with Crippen LogP contribution in [0.3, 0.4) is 0 Å². The van der Waals surface area contributed by atoms with E-state index in [9.17, 15) is 24.3 Å². The first kappa shape index (κ1) is 31.9. The molecule has 1 aromatic heterocycles. The van der Waals surface area contributed by atoms with Gasteiger partial charge in [0, 0.05) is 51.6 Å². The summed E-state index contributed by atoms with van der Waals surface area (Å²) >= 11 is 0. The first-order valence-corrected chi connectivity index (χ1v) is 12.3. The summed E-state index contributed by atoms with van der Waals surface area (Å²) in [5, 5.41) is 22.9. The van der Waals surface area contributed by atoms with Crippen LogP contribution in [0.2, 0.25) is 0 Å². The number of aryl methyl sites for hydroxylation is 1. The van der Waals surface area contributed by atoms with Crippen LogP contribution in [0.15, 0.2) is 12.7 Å². The zero-order valence-corrected chi connectivity index (χ0v) is 25.9. The topological polar surface area (TPSA) is 156 Å². The van der Waals surface area contributed by atoms with Gasteiger partial charge >= 0.3 is 12.1 Å². The van der Waals surface area contributed by atoms with E-state index in [2.05, 4.69) is 33.7 Å². The van der Waals surface area contributed by atoms with Crippen molar-refractivity contribution >= 4 is 23.9 Å². The Morgan fingerprint density at radius 1 is 1.24 bits per heavy atom. The van der Waals surface area contributed by atoms with E-state index in [0.29, 0.717) is 5.69 Å². The third-order valence-electron chi connectivity index (χ3n) is 6.71. The Morgan fingerprint density at radius 2 is 1.87 bits per heavy atom. The van der Waals surface area contributed by atoms with E-state index >= 15 is 0 Å². The Labute approximate surface area is 248 Å². The number of carboxylic acid groups (broad SMARTS) is 1. The molecular formula is C25H37N6O6Y-. The van der Waals surface area contributed by atoms with Crippen molar-refractivity contribution in [3.05, 3.63) is 24.5 Å². The Hall–Kier alpha value is -2.34. The molecule has 12 nitrogen and oxygen atoms in total. The summed E-state index contributed by atoms with van der Waals surface area (Å²) in [6.07, 6.45) is 3.90. The van der Waals surface area contributed by atoms with Crippen LogP contribution in [-0.4, -0.2) is 78.6 Å². The first-order chi connectivity index (χ1) is 17.0. The van der Waals surface area contributed by atoms with Gasteiger partial charge in [-0.15, -0.1) is 17.5 Å². The van der Waals surface area contributed by atoms with Gasteiger partial charge in [0.05, 0.1) is 6.04 Å². The third kappa shape index (κ3) is 6.80. The second kappa shape index (κ2) is 11.4. The number of amides is 3. The average molecular weight is 607 g/mol.